The zero-order valence-electron chi connectivity index (χ0n) is 7.26. The Hall–Kier alpha value is -1.43. The first-order valence-corrected chi connectivity index (χ1v) is 4.63. The second-order valence-corrected chi connectivity index (χ2v) is 3.49. The minimum absolute atomic E-state index is 0.322. The molecule has 14 heavy (non-hydrogen) atoms. The smallest absolute Gasteiger partial charge is 0.329 e. The van der Waals surface area contributed by atoms with Crippen molar-refractivity contribution in [1.82, 2.24) is 4.72 Å². The van der Waals surface area contributed by atoms with Crippen LogP contribution in [0.15, 0.2) is 17.0 Å². The number of rotatable bonds is 1. The van der Waals surface area contributed by atoms with Gasteiger partial charge < -0.3 is 10.1 Å². The fourth-order valence-corrected chi connectivity index (χ4v) is 1.84. The molecule has 1 aliphatic rings. The van der Waals surface area contributed by atoms with E-state index in [1.807, 2.05) is 0 Å². The summed E-state index contributed by atoms with van der Waals surface area (Å²) in [5.41, 5.74) is 0.502. The minimum atomic E-state index is -0.397. The molecule has 1 aromatic rings. The number of carbonyl (C=O) groups excluding carboxylic acids is 1. The quantitative estimate of drug-likeness (QED) is 0.703. The molecule has 0 atom stereocenters. The summed E-state index contributed by atoms with van der Waals surface area (Å²) >= 11 is 1.06. The normalized spacial score (nSPS) is 14.0. The molecule has 1 heterocycles. The third kappa shape index (κ3) is 1.48. The molecule has 74 valence electrons. The van der Waals surface area contributed by atoms with Crippen molar-refractivity contribution in [2.75, 3.05) is 12.4 Å². The maximum Gasteiger partial charge on any atom is 0.329 e. The van der Waals surface area contributed by atoms with E-state index >= 15 is 0 Å². The number of anilines is 1. The molecule has 0 spiro atoms. The molecular formula is C8H7FN2O2S. The molecule has 0 saturated heterocycles. The van der Waals surface area contributed by atoms with Crippen LogP contribution in [0, 0.1) is 5.82 Å². The average Bonchev–Trinajstić information content (AvgIpc) is 2.17. The summed E-state index contributed by atoms with van der Waals surface area (Å²) in [5.74, 6) is -0.0756. The maximum atomic E-state index is 13.0. The number of amides is 2. The molecule has 0 bridgehead atoms. The van der Waals surface area contributed by atoms with Crippen molar-refractivity contribution < 1.29 is 13.9 Å². The van der Waals surface area contributed by atoms with Crippen molar-refractivity contribution in [3.63, 3.8) is 0 Å². The van der Waals surface area contributed by atoms with Crippen LogP contribution in [0.3, 0.4) is 0 Å². The van der Waals surface area contributed by atoms with Crippen LogP contribution >= 0.6 is 11.9 Å². The lowest BCUT2D eigenvalue weighted by Crippen LogP contribution is -2.27. The van der Waals surface area contributed by atoms with Crippen LogP contribution in [0.4, 0.5) is 14.9 Å². The van der Waals surface area contributed by atoms with Crippen molar-refractivity contribution in [3.8, 4) is 5.75 Å². The monoisotopic (exact) mass is 214 g/mol. The van der Waals surface area contributed by atoms with Crippen LogP contribution in [-0.2, 0) is 0 Å². The molecule has 0 saturated carbocycles. The Kier molecular flexibility index (Phi) is 2.20. The van der Waals surface area contributed by atoms with E-state index < -0.39 is 5.82 Å². The Labute approximate surface area is 84.0 Å². The zero-order valence-corrected chi connectivity index (χ0v) is 8.07. The van der Waals surface area contributed by atoms with E-state index in [2.05, 4.69) is 10.0 Å². The first kappa shape index (κ1) is 9.14. The van der Waals surface area contributed by atoms with Gasteiger partial charge in [-0.15, -0.1) is 0 Å². The highest BCUT2D eigenvalue weighted by molar-refractivity contribution is 7.98. The van der Waals surface area contributed by atoms with Gasteiger partial charge in [0.1, 0.15) is 17.3 Å². The second kappa shape index (κ2) is 3.38. The summed E-state index contributed by atoms with van der Waals surface area (Å²) in [5, 5.41) is 2.54. The van der Waals surface area contributed by atoms with Crippen LogP contribution in [-0.4, -0.2) is 13.1 Å². The topological polar surface area (TPSA) is 50.4 Å². The van der Waals surface area contributed by atoms with E-state index in [4.69, 9.17) is 4.74 Å². The van der Waals surface area contributed by atoms with Gasteiger partial charge in [-0.25, -0.2) is 9.18 Å². The van der Waals surface area contributed by atoms with Crippen molar-refractivity contribution in [2.24, 2.45) is 0 Å². The number of nitrogens with one attached hydrogen (secondary N) is 2. The third-order valence-corrected chi connectivity index (χ3v) is 2.57. The summed E-state index contributed by atoms with van der Waals surface area (Å²) in [4.78, 5) is 11.6. The summed E-state index contributed by atoms with van der Waals surface area (Å²) in [6.07, 6.45) is 0. The van der Waals surface area contributed by atoms with E-state index in [1.165, 1.54) is 19.2 Å². The number of hydrogen-bond donors (Lipinski definition) is 2. The summed E-state index contributed by atoms with van der Waals surface area (Å²) in [6, 6.07) is 2.22. The van der Waals surface area contributed by atoms with Crippen molar-refractivity contribution >= 4 is 23.7 Å². The van der Waals surface area contributed by atoms with Crippen LogP contribution in [0.2, 0.25) is 0 Å². The average molecular weight is 214 g/mol. The molecule has 6 heteroatoms. The van der Waals surface area contributed by atoms with Gasteiger partial charge in [0.05, 0.1) is 12.0 Å². The van der Waals surface area contributed by atoms with Gasteiger partial charge >= 0.3 is 6.03 Å². The van der Waals surface area contributed by atoms with Gasteiger partial charge in [-0.2, -0.15) is 0 Å². The van der Waals surface area contributed by atoms with Gasteiger partial charge in [-0.1, -0.05) is 0 Å². The number of urea groups is 1. The van der Waals surface area contributed by atoms with Gasteiger partial charge in [0.25, 0.3) is 0 Å². The van der Waals surface area contributed by atoms with Gasteiger partial charge in [0.15, 0.2) is 0 Å². The van der Waals surface area contributed by atoms with E-state index in [9.17, 15) is 9.18 Å². The summed E-state index contributed by atoms with van der Waals surface area (Å²) in [7, 11) is 1.42. The lowest BCUT2D eigenvalue weighted by atomic mass is 10.3. The molecule has 0 unspecified atom stereocenters. The van der Waals surface area contributed by atoms with E-state index in [1.54, 1.807) is 0 Å². The third-order valence-electron chi connectivity index (χ3n) is 1.74. The lowest BCUT2D eigenvalue weighted by Gasteiger charge is -2.19. The highest BCUT2D eigenvalue weighted by Gasteiger charge is 2.19. The molecule has 1 aliphatic heterocycles. The van der Waals surface area contributed by atoms with Crippen molar-refractivity contribution in [2.45, 2.75) is 4.90 Å². The number of methoxy groups -OCH3 is 1. The van der Waals surface area contributed by atoms with Gasteiger partial charge in [-0.3, -0.25) is 4.72 Å². The van der Waals surface area contributed by atoms with Crippen molar-refractivity contribution in [3.05, 3.63) is 17.9 Å². The Bertz CT molecular complexity index is 380. The number of halogens is 1. The van der Waals surface area contributed by atoms with Gasteiger partial charge in [0.2, 0.25) is 0 Å². The van der Waals surface area contributed by atoms with Crippen LogP contribution in [0.5, 0.6) is 5.75 Å². The summed E-state index contributed by atoms with van der Waals surface area (Å²) in [6.45, 7) is 0. The summed E-state index contributed by atoms with van der Waals surface area (Å²) < 4.78 is 20.4. The first-order valence-electron chi connectivity index (χ1n) is 3.82. The number of hydrogen-bond acceptors (Lipinski definition) is 3. The highest BCUT2D eigenvalue weighted by atomic mass is 32.2. The standard InChI is InChI=1S/C8H7FN2O2S/c1-13-5-2-4(9)3-6-7(5)10-8(12)11-14-6/h2-3H,1H3,(H2,10,11,12). The molecule has 2 N–H and O–H groups in total. The van der Waals surface area contributed by atoms with Crippen LogP contribution < -0.4 is 14.8 Å². The Morgan fingerprint density at radius 2 is 2.29 bits per heavy atom. The molecular weight excluding hydrogens is 207 g/mol. The molecule has 4 nitrogen and oxygen atoms in total. The molecule has 0 aromatic heterocycles. The number of fused-ring (bicyclic) bond motifs is 1. The predicted molar refractivity (Wildman–Crippen MR) is 51.0 cm³/mol. The van der Waals surface area contributed by atoms with Gasteiger partial charge in [-0.05, 0) is 18.0 Å². The fraction of sp³-hybridized carbons (Fsp3) is 0.125. The van der Waals surface area contributed by atoms with Crippen molar-refractivity contribution in [1.29, 1.82) is 0 Å². The zero-order chi connectivity index (χ0) is 10.1. The van der Waals surface area contributed by atoms with Crippen LogP contribution in [0.25, 0.3) is 0 Å². The fourth-order valence-electron chi connectivity index (χ4n) is 1.16. The number of carbonyl (C=O) groups is 1. The molecule has 2 amide bonds. The highest BCUT2D eigenvalue weighted by Crippen LogP contribution is 2.37. The number of benzene rings is 1. The largest absolute Gasteiger partial charge is 0.494 e. The Morgan fingerprint density at radius 1 is 1.50 bits per heavy atom. The molecule has 2 rings (SSSR count). The molecule has 0 aliphatic carbocycles. The SMILES string of the molecule is COc1cc(F)cc2c1NC(=O)NS2. The van der Waals surface area contributed by atoms with Crippen LogP contribution in [0.1, 0.15) is 0 Å². The van der Waals surface area contributed by atoms with E-state index in [0.717, 1.165) is 11.9 Å². The number of ether oxygens (including phenoxy) is 1. The predicted octanol–water partition coefficient (Wildman–Crippen LogP) is 1.98. The molecule has 1 aromatic carbocycles. The maximum absolute atomic E-state index is 13.0. The first-order chi connectivity index (χ1) is 6.70. The second-order valence-electron chi connectivity index (χ2n) is 2.64. The van der Waals surface area contributed by atoms with E-state index in [0.29, 0.717) is 16.3 Å². The Morgan fingerprint density at radius 3 is 3.00 bits per heavy atom. The lowest BCUT2D eigenvalue weighted by molar-refractivity contribution is 0.256. The molecule has 0 fully saturated rings. The molecule has 0 radical (unpaired) electrons. The van der Waals surface area contributed by atoms with E-state index in [-0.39, 0.29) is 6.03 Å². The van der Waals surface area contributed by atoms with Gasteiger partial charge in [0, 0.05) is 6.07 Å². The minimum Gasteiger partial charge on any atom is -0.494 e. The Balaban J connectivity index is 2.52.